The summed E-state index contributed by atoms with van der Waals surface area (Å²) in [6.07, 6.45) is 3.34. The van der Waals surface area contributed by atoms with Crippen molar-refractivity contribution in [2.75, 3.05) is 26.2 Å². The maximum absolute atomic E-state index is 13.4. The Morgan fingerprint density at radius 3 is 2.17 bits per heavy atom. The number of halogens is 1. The summed E-state index contributed by atoms with van der Waals surface area (Å²) in [5.41, 5.74) is 1.72. The number of amides is 1. The fourth-order valence-corrected chi connectivity index (χ4v) is 2.94. The second-order valence-corrected chi connectivity index (χ2v) is 6.14. The molecular formula is C22H21FN2O4. The molecule has 0 radical (unpaired) electrons. The van der Waals surface area contributed by atoms with Gasteiger partial charge in [-0.3, -0.25) is 9.78 Å². The standard InChI is InChI=1S/C22H21FN2O4/c1-27-19-11-16(12-20(28-2)21(19)29-3)22(26)25(14-15-5-4-10-24-13-15)18-8-6-17(23)7-9-18/h4-13H,14H2,1-3H3. The van der Waals surface area contributed by atoms with Crippen molar-refractivity contribution in [3.8, 4) is 17.2 Å². The summed E-state index contributed by atoms with van der Waals surface area (Å²) in [7, 11) is 4.47. The molecule has 0 spiro atoms. The lowest BCUT2D eigenvalue weighted by atomic mass is 10.1. The van der Waals surface area contributed by atoms with Gasteiger partial charge in [0.05, 0.1) is 27.9 Å². The van der Waals surface area contributed by atoms with Gasteiger partial charge in [0.25, 0.3) is 5.91 Å². The van der Waals surface area contributed by atoms with Gasteiger partial charge in [0.1, 0.15) is 5.82 Å². The van der Waals surface area contributed by atoms with Crippen LogP contribution in [0.25, 0.3) is 0 Å². The molecule has 0 N–H and O–H groups in total. The summed E-state index contributed by atoms with van der Waals surface area (Å²) in [6.45, 7) is 0.259. The van der Waals surface area contributed by atoms with Crippen LogP contribution in [-0.2, 0) is 6.54 Å². The molecule has 3 rings (SSSR count). The van der Waals surface area contributed by atoms with Gasteiger partial charge in [-0.1, -0.05) is 6.07 Å². The smallest absolute Gasteiger partial charge is 0.258 e. The molecule has 6 nitrogen and oxygen atoms in total. The molecule has 0 saturated carbocycles. The first kappa shape index (κ1) is 20.1. The van der Waals surface area contributed by atoms with Crippen LogP contribution < -0.4 is 19.1 Å². The molecule has 1 heterocycles. The molecule has 0 atom stereocenters. The molecule has 3 aromatic rings. The summed E-state index contributed by atoms with van der Waals surface area (Å²) in [4.78, 5) is 19.1. The second kappa shape index (κ2) is 9.05. The van der Waals surface area contributed by atoms with Crippen LogP contribution in [-0.4, -0.2) is 32.2 Å². The number of pyridine rings is 1. The van der Waals surface area contributed by atoms with Gasteiger partial charge in [0.2, 0.25) is 5.75 Å². The maximum Gasteiger partial charge on any atom is 0.258 e. The number of methoxy groups -OCH3 is 3. The van der Waals surface area contributed by atoms with Crippen molar-refractivity contribution in [2.45, 2.75) is 6.54 Å². The molecule has 0 aliphatic heterocycles. The lowest BCUT2D eigenvalue weighted by Gasteiger charge is -2.24. The minimum absolute atomic E-state index is 0.259. The van der Waals surface area contributed by atoms with E-state index in [0.717, 1.165) is 5.56 Å². The number of hydrogen-bond donors (Lipinski definition) is 0. The molecule has 0 bridgehead atoms. The highest BCUT2D eigenvalue weighted by molar-refractivity contribution is 6.06. The Labute approximate surface area is 168 Å². The number of rotatable bonds is 7. The number of benzene rings is 2. The first-order valence-corrected chi connectivity index (χ1v) is 8.83. The lowest BCUT2D eigenvalue weighted by Crippen LogP contribution is -2.30. The van der Waals surface area contributed by atoms with E-state index in [0.29, 0.717) is 28.5 Å². The number of carbonyl (C=O) groups is 1. The van der Waals surface area contributed by atoms with Gasteiger partial charge in [-0.25, -0.2) is 4.39 Å². The van der Waals surface area contributed by atoms with Gasteiger partial charge in [0.15, 0.2) is 11.5 Å². The van der Waals surface area contributed by atoms with Crippen molar-refractivity contribution in [1.82, 2.24) is 4.98 Å². The molecule has 0 fully saturated rings. The molecule has 1 amide bonds. The summed E-state index contributed by atoms with van der Waals surface area (Å²) >= 11 is 0. The largest absolute Gasteiger partial charge is 0.493 e. The monoisotopic (exact) mass is 396 g/mol. The summed E-state index contributed by atoms with van der Waals surface area (Å²) in [6, 6.07) is 12.6. The highest BCUT2D eigenvalue weighted by atomic mass is 19.1. The fourth-order valence-electron chi connectivity index (χ4n) is 2.94. The maximum atomic E-state index is 13.4. The number of aromatic nitrogens is 1. The van der Waals surface area contributed by atoms with Crippen LogP contribution in [0.15, 0.2) is 60.9 Å². The molecular weight excluding hydrogens is 375 g/mol. The normalized spacial score (nSPS) is 10.3. The predicted octanol–water partition coefficient (Wildman–Crippen LogP) is 4.09. The first-order valence-electron chi connectivity index (χ1n) is 8.83. The van der Waals surface area contributed by atoms with E-state index in [-0.39, 0.29) is 18.3 Å². The summed E-state index contributed by atoms with van der Waals surface area (Å²) in [5, 5.41) is 0. The zero-order chi connectivity index (χ0) is 20.8. The van der Waals surface area contributed by atoms with Crippen LogP contribution in [0.5, 0.6) is 17.2 Å². The van der Waals surface area contributed by atoms with Crippen LogP contribution in [0.1, 0.15) is 15.9 Å². The summed E-state index contributed by atoms with van der Waals surface area (Å²) in [5.74, 6) is 0.452. The SMILES string of the molecule is COc1cc(C(=O)N(Cc2cccnc2)c2ccc(F)cc2)cc(OC)c1OC. The topological polar surface area (TPSA) is 60.9 Å². The number of nitrogens with zero attached hydrogens (tertiary/aromatic N) is 2. The summed E-state index contributed by atoms with van der Waals surface area (Å²) < 4.78 is 29.5. The van der Waals surface area contributed by atoms with Crippen molar-refractivity contribution in [1.29, 1.82) is 0 Å². The minimum atomic E-state index is -0.379. The number of hydrogen-bond acceptors (Lipinski definition) is 5. The highest BCUT2D eigenvalue weighted by Gasteiger charge is 2.23. The number of ether oxygens (including phenoxy) is 3. The third kappa shape index (κ3) is 4.45. The zero-order valence-corrected chi connectivity index (χ0v) is 16.4. The van der Waals surface area contributed by atoms with Crippen molar-refractivity contribution < 1.29 is 23.4 Å². The Bertz CT molecular complexity index is 953. The van der Waals surface area contributed by atoms with Crippen LogP contribution in [0.2, 0.25) is 0 Å². The third-order valence-electron chi connectivity index (χ3n) is 4.36. The van der Waals surface area contributed by atoms with Gasteiger partial charge in [-0.05, 0) is 48.0 Å². The van der Waals surface area contributed by atoms with E-state index in [1.165, 1.54) is 38.4 Å². The van der Waals surface area contributed by atoms with Crippen molar-refractivity contribution in [2.24, 2.45) is 0 Å². The Morgan fingerprint density at radius 2 is 1.66 bits per heavy atom. The Morgan fingerprint density at radius 1 is 1.00 bits per heavy atom. The van der Waals surface area contributed by atoms with E-state index in [2.05, 4.69) is 4.98 Å². The van der Waals surface area contributed by atoms with E-state index in [1.54, 1.807) is 42.7 Å². The Balaban J connectivity index is 2.05. The molecule has 0 aliphatic carbocycles. The van der Waals surface area contributed by atoms with E-state index in [1.807, 2.05) is 6.07 Å². The molecule has 0 saturated heterocycles. The highest BCUT2D eigenvalue weighted by Crippen LogP contribution is 2.38. The molecule has 7 heteroatoms. The van der Waals surface area contributed by atoms with Gasteiger partial charge in [-0.15, -0.1) is 0 Å². The fraction of sp³-hybridized carbons (Fsp3) is 0.182. The Hall–Kier alpha value is -3.61. The van der Waals surface area contributed by atoms with Crippen LogP contribution >= 0.6 is 0 Å². The van der Waals surface area contributed by atoms with Crippen molar-refractivity contribution in [3.63, 3.8) is 0 Å². The zero-order valence-electron chi connectivity index (χ0n) is 16.4. The molecule has 150 valence electrons. The van der Waals surface area contributed by atoms with Gasteiger partial charge in [0, 0.05) is 23.6 Å². The van der Waals surface area contributed by atoms with E-state index in [9.17, 15) is 9.18 Å². The van der Waals surface area contributed by atoms with Gasteiger partial charge < -0.3 is 19.1 Å². The quantitative estimate of drug-likeness (QED) is 0.602. The van der Waals surface area contributed by atoms with Crippen molar-refractivity contribution >= 4 is 11.6 Å². The first-order chi connectivity index (χ1) is 14.1. The van der Waals surface area contributed by atoms with Gasteiger partial charge >= 0.3 is 0 Å². The predicted molar refractivity (Wildman–Crippen MR) is 107 cm³/mol. The van der Waals surface area contributed by atoms with E-state index >= 15 is 0 Å². The minimum Gasteiger partial charge on any atom is -0.493 e. The second-order valence-electron chi connectivity index (χ2n) is 6.14. The van der Waals surface area contributed by atoms with Gasteiger partial charge in [-0.2, -0.15) is 0 Å². The molecule has 0 unspecified atom stereocenters. The molecule has 29 heavy (non-hydrogen) atoms. The number of anilines is 1. The third-order valence-corrected chi connectivity index (χ3v) is 4.36. The Kier molecular flexibility index (Phi) is 6.29. The van der Waals surface area contributed by atoms with Crippen molar-refractivity contribution in [3.05, 3.63) is 77.9 Å². The van der Waals surface area contributed by atoms with Crippen LogP contribution in [0, 0.1) is 5.82 Å². The molecule has 1 aromatic heterocycles. The average Bonchev–Trinajstić information content (AvgIpc) is 2.77. The average molecular weight is 396 g/mol. The van der Waals surface area contributed by atoms with E-state index < -0.39 is 0 Å². The lowest BCUT2D eigenvalue weighted by molar-refractivity contribution is 0.0984. The van der Waals surface area contributed by atoms with E-state index in [4.69, 9.17) is 14.2 Å². The van der Waals surface area contributed by atoms with Crippen LogP contribution in [0.3, 0.4) is 0 Å². The van der Waals surface area contributed by atoms with Crippen LogP contribution in [0.4, 0.5) is 10.1 Å². The number of carbonyl (C=O) groups excluding carboxylic acids is 1. The molecule has 0 aliphatic rings. The molecule has 2 aromatic carbocycles.